The minimum atomic E-state index is 0.347. The van der Waals surface area contributed by atoms with E-state index in [4.69, 9.17) is 5.11 Å². The summed E-state index contributed by atoms with van der Waals surface area (Å²) in [5, 5.41) is 8.78. The molecule has 0 radical (unpaired) electrons. The molecule has 0 amide bonds. The van der Waals surface area contributed by atoms with Crippen molar-refractivity contribution in [2.75, 3.05) is 6.61 Å². The van der Waals surface area contributed by atoms with E-state index in [1.54, 1.807) is 0 Å². The molecule has 0 aromatic heterocycles. The van der Waals surface area contributed by atoms with Crippen LogP contribution in [0.4, 0.5) is 0 Å². The molecule has 0 fully saturated rings. The van der Waals surface area contributed by atoms with E-state index in [1.165, 1.54) is 32.1 Å². The molecule has 1 N–H and O–H groups in total. The Bertz CT molecular complexity index is 129. The fourth-order valence-corrected chi connectivity index (χ4v) is 2.10. The summed E-state index contributed by atoms with van der Waals surface area (Å²) in [5.41, 5.74) is 0.522. The summed E-state index contributed by atoms with van der Waals surface area (Å²) < 4.78 is 0. The van der Waals surface area contributed by atoms with Gasteiger partial charge < -0.3 is 5.11 Å². The summed E-state index contributed by atoms with van der Waals surface area (Å²) in [4.78, 5) is 0. The van der Waals surface area contributed by atoms with Gasteiger partial charge in [-0.2, -0.15) is 0 Å². The van der Waals surface area contributed by atoms with Crippen LogP contribution < -0.4 is 0 Å². The first kappa shape index (κ1) is 14.0. The molecule has 0 aromatic carbocycles. The van der Waals surface area contributed by atoms with Gasteiger partial charge in [-0.15, -0.1) is 0 Å². The highest BCUT2D eigenvalue weighted by atomic mass is 16.3. The lowest BCUT2D eigenvalue weighted by Gasteiger charge is -2.24. The molecule has 0 aliphatic rings. The number of aliphatic hydroxyl groups is 1. The Labute approximate surface area is 89.9 Å². The van der Waals surface area contributed by atoms with Crippen molar-refractivity contribution < 1.29 is 5.11 Å². The third-order valence-corrected chi connectivity index (χ3v) is 3.10. The first-order chi connectivity index (χ1) is 6.52. The second kappa shape index (κ2) is 7.28. The Morgan fingerprint density at radius 3 is 2.29 bits per heavy atom. The molecule has 1 heteroatoms. The van der Waals surface area contributed by atoms with Crippen molar-refractivity contribution in [3.63, 3.8) is 0 Å². The molecule has 14 heavy (non-hydrogen) atoms. The van der Waals surface area contributed by atoms with Crippen molar-refractivity contribution in [2.45, 2.75) is 66.2 Å². The van der Waals surface area contributed by atoms with Crippen molar-refractivity contribution in [2.24, 2.45) is 11.3 Å². The highest BCUT2D eigenvalue weighted by Crippen LogP contribution is 2.29. The van der Waals surface area contributed by atoms with E-state index >= 15 is 0 Å². The van der Waals surface area contributed by atoms with Crippen molar-refractivity contribution in [3.8, 4) is 0 Å². The van der Waals surface area contributed by atoms with Gasteiger partial charge in [0.25, 0.3) is 0 Å². The Morgan fingerprint density at radius 1 is 1.14 bits per heavy atom. The highest BCUT2D eigenvalue weighted by Gasteiger charge is 2.16. The van der Waals surface area contributed by atoms with Gasteiger partial charge in [-0.1, -0.05) is 47.0 Å². The second-order valence-electron chi connectivity index (χ2n) is 5.42. The third kappa shape index (κ3) is 7.37. The van der Waals surface area contributed by atoms with E-state index in [2.05, 4.69) is 27.7 Å². The standard InChI is InChI=1S/C13H28O/c1-5-9-13(3,4)10-6-7-12(2)8-11-14/h12,14H,5-11H2,1-4H3. The fraction of sp³-hybridized carbons (Fsp3) is 1.00. The molecule has 0 saturated heterocycles. The van der Waals surface area contributed by atoms with Gasteiger partial charge in [0, 0.05) is 6.61 Å². The summed E-state index contributed by atoms with van der Waals surface area (Å²) in [6.07, 6.45) is 7.51. The predicted octanol–water partition coefficient (Wildman–Crippen LogP) is 4.00. The zero-order valence-electron chi connectivity index (χ0n) is 10.5. The van der Waals surface area contributed by atoms with Crippen LogP contribution in [0.3, 0.4) is 0 Å². The van der Waals surface area contributed by atoms with Crippen molar-refractivity contribution in [1.82, 2.24) is 0 Å². The quantitative estimate of drug-likeness (QED) is 0.628. The van der Waals surface area contributed by atoms with Crippen LogP contribution in [0.2, 0.25) is 0 Å². The van der Waals surface area contributed by atoms with Gasteiger partial charge in [-0.25, -0.2) is 0 Å². The molecule has 0 heterocycles. The molecular weight excluding hydrogens is 172 g/mol. The number of hydrogen-bond donors (Lipinski definition) is 1. The Kier molecular flexibility index (Phi) is 7.26. The summed E-state index contributed by atoms with van der Waals surface area (Å²) >= 11 is 0. The van der Waals surface area contributed by atoms with Gasteiger partial charge in [0.2, 0.25) is 0 Å². The topological polar surface area (TPSA) is 20.2 Å². The summed E-state index contributed by atoms with van der Waals surface area (Å²) in [6, 6.07) is 0. The normalized spacial score (nSPS) is 14.4. The first-order valence-corrected chi connectivity index (χ1v) is 6.12. The molecule has 0 aliphatic heterocycles. The Morgan fingerprint density at radius 2 is 1.79 bits per heavy atom. The molecule has 1 nitrogen and oxygen atoms in total. The zero-order valence-corrected chi connectivity index (χ0v) is 10.5. The van der Waals surface area contributed by atoms with E-state index in [-0.39, 0.29) is 0 Å². The van der Waals surface area contributed by atoms with Crippen LogP contribution in [0, 0.1) is 11.3 Å². The van der Waals surface area contributed by atoms with E-state index in [0.717, 1.165) is 6.42 Å². The number of aliphatic hydroxyl groups excluding tert-OH is 1. The van der Waals surface area contributed by atoms with Gasteiger partial charge in [-0.3, -0.25) is 0 Å². The molecule has 1 unspecified atom stereocenters. The highest BCUT2D eigenvalue weighted by molar-refractivity contribution is 4.68. The second-order valence-corrected chi connectivity index (χ2v) is 5.42. The number of hydrogen-bond acceptors (Lipinski definition) is 1. The lowest BCUT2D eigenvalue weighted by molar-refractivity contribution is 0.244. The lowest BCUT2D eigenvalue weighted by atomic mass is 9.82. The fourth-order valence-electron chi connectivity index (χ4n) is 2.10. The molecule has 0 aliphatic carbocycles. The van der Waals surface area contributed by atoms with Crippen LogP contribution in [-0.4, -0.2) is 11.7 Å². The molecular formula is C13H28O. The smallest absolute Gasteiger partial charge is 0.0433 e. The largest absolute Gasteiger partial charge is 0.396 e. The predicted molar refractivity (Wildman–Crippen MR) is 63.4 cm³/mol. The van der Waals surface area contributed by atoms with Gasteiger partial charge in [0.05, 0.1) is 0 Å². The van der Waals surface area contributed by atoms with Crippen molar-refractivity contribution in [1.29, 1.82) is 0 Å². The molecule has 0 spiro atoms. The van der Waals surface area contributed by atoms with E-state index in [9.17, 15) is 0 Å². The van der Waals surface area contributed by atoms with E-state index in [0.29, 0.717) is 17.9 Å². The van der Waals surface area contributed by atoms with Crippen LogP contribution >= 0.6 is 0 Å². The van der Waals surface area contributed by atoms with Crippen molar-refractivity contribution in [3.05, 3.63) is 0 Å². The molecule has 86 valence electrons. The molecule has 0 saturated carbocycles. The first-order valence-electron chi connectivity index (χ1n) is 6.12. The van der Waals surface area contributed by atoms with Crippen LogP contribution in [0.15, 0.2) is 0 Å². The third-order valence-electron chi connectivity index (χ3n) is 3.10. The Hall–Kier alpha value is -0.0400. The van der Waals surface area contributed by atoms with Crippen LogP contribution in [0.1, 0.15) is 66.2 Å². The Balaban J connectivity index is 3.51. The van der Waals surface area contributed by atoms with Gasteiger partial charge in [-0.05, 0) is 30.6 Å². The average molecular weight is 200 g/mol. The van der Waals surface area contributed by atoms with E-state index in [1.807, 2.05) is 0 Å². The zero-order chi connectivity index (χ0) is 11.0. The molecule has 1 atom stereocenters. The minimum absolute atomic E-state index is 0.347. The lowest BCUT2D eigenvalue weighted by Crippen LogP contribution is -2.11. The summed E-state index contributed by atoms with van der Waals surface area (Å²) in [6.45, 7) is 9.58. The maximum Gasteiger partial charge on any atom is 0.0433 e. The monoisotopic (exact) mass is 200 g/mol. The van der Waals surface area contributed by atoms with E-state index < -0.39 is 0 Å². The minimum Gasteiger partial charge on any atom is -0.396 e. The molecule has 0 aromatic rings. The van der Waals surface area contributed by atoms with Gasteiger partial charge in [0.15, 0.2) is 0 Å². The van der Waals surface area contributed by atoms with Crippen LogP contribution in [-0.2, 0) is 0 Å². The summed E-state index contributed by atoms with van der Waals surface area (Å²) in [5.74, 6) is 0.692. The SMILES string of the molecule is CCCC(C)(C)CCCC(C)CCO. The maximum absolute atomic E-state index is 8.78. The van der Waals surface area contributed by atoms with Crippen LogP contribution in [0.5, 0.6) is 0 Å². The number of rotatable bonds is 8. The summed E-state index contributed by atoms with van der Waals surface area (Å²) in [7, 11) is 0. The molecule has 0 rings (SSSR count). The average Bonchev–Trinajstić information content (AvgIpc) is 2.03. The van der Waals surface area contributed by atoms with Crippen molar-refractivity contribution >= 4 is 0 Å². The van der Waals surface area contributed by atoms with Gasteiger partial charge in [0.1, 0.15) is 0 Å². The van der Waals surface area contributed by atoms with Crippen LogP contribution in [0.25, 0.3) is 0 Å². The molecule has 0 bridgehead atoms. The van der Waals surface area contributed by atoms with Gasteiger partial charge >= 0.3 is 0 Å². The maximum atomic E-state index is 8.78.